The maximum Gasteiger partial charge on any atom is 0.244 e. The van der Waals surface area contributed by atoms with Crippen molar-refractivity contribution in [2.24, 2.45) is 0 Å². The highest BCUT2D eigenvalue weighted by molar-refractivity contribution is 7.89. The zero-order valence-corrected chi connectivity index (χ0v) is 23.8. The third-order valence-corrected chi connectivity index (χ3v) is 9.64. The fraction of sp³-hybridized carbons (Fsp3) is 0.355. The smallest absolute Gasteiger partial charge is 0.244 e. The van der Waals surface area contributed by atoms with Gasteiger partial charge in [0.05, 0.1) is 4.90 Å². The Kier molecular flexibility index (Phi) is 8.00. The van der Waals surface area contributed by atoms with Gasteiger partial charge in [-0.2, -0.15) is 4.31 Å². The number of piperidine rings is 1. The van der Waals surface area contributed by atoms with Gasteiger partial charge in [0, 0.05) is 29.2 Å². The van der Waals surface area contributed by atoms with Crippen LogP contribution in [-0.2, 0) is 26.0 Å². The fourth-order valence-corrected chi connectivity index (χ4v) is 8.22. The van der Waals surface area contributed by atoms with Gasteiger partial charge in [0.25, 0.3) is 0 Å². The highest BCUT2D eigenvalue weighted by atomic mass is 32.2. The molecule has 0 aliphatic carbocycles. The normalized spacial score (nSPS) is 17.4. The Hall–Kier alpha value is -3.49. The summed E-state index contributed by atoms with van der Waals surface area (Å²) in [6, 6.07) is 20.3. The molecule has 206 valence electrons. The summed E-state index contributed by atoms with van der Waals surface area (Å²) in [5, 5.41) is 8.09. The second-order valence-corrected chi connectivity index (χ2v) is 13.2. The minimum Gasteiger partial charge on any atom is -0.350 e. The number of nitrogens with one attached hydrogen (secondary N) is 2. The molecule has 2 N–H and O–H groups in total. The highest BCUT2D eigenvalue weighted by Gasteiger charge is 2.51. The van der Waals surface area contributed by atoms with Crippen LogP contribution in [0.15, 0.2) is 84.3 Å². The van der Waals surface area contributed by atoms with E-state index in [1.54, 1.807) is 16.4 Å². The number of aryl methyl sites for hydroxylation is 1. The van der Waals surface area contributed by atoms with Crippen LogP contribution in [0.4, 0.5) is 5.69 Å². The first-order valence-corrected chi connectivity index (χ1v) is 14.6. The highest BCUT2D eigenvalue weighted by Crippen LogP contribution is 2.42. The standard InChI is InChI=1S/C31H37N3O4S/c1-6-28(35)33-25-20-30(2,3)34(31(4,5)21-25)39(37,38)26-17-15-24(16-18-26)32-29(36)19-14-23-12-9-11-22-10-7-8-13-27(22)23/h6-13,15-18,25H,1,14,19-21H2,2-5H3,(H,32,36)(H,33,35). The molecule has 7 nitrogen and oxygen atoms in total. The van der Waals surface area contributed by atoms with E-state index in [0.717, 1.165) is 16.3 Å². The zero-order chi connectivity index (χ0) is 28.4. The summed E-state index contributed by atoms with van der Waals surface area (Å²) >= 11 is 0. The molecule has 0 unspecified atom stereocenters. The Morgan fingerprint density at radius 2 is 1.56 bits per heavy atom. The van der Waals surface area contributed by atoms with Crippen molar-refractivity contribution in [3.63, 3.8) is 0 Å². The van der Waals surface area contributed by atoms with Crippen molar-refractivity contribution < 1.29 is 18.0 Å². The maximum absolute atomic E-state index is 13.8. The van der Waals surface area contributed by atoms with Gasteiger partial charge in [-0.1, -0.05) is 49.0 Å². The number of amides is 2. The molecule has 0 saturated carbocycles. The molecule has 2 amide bonds. The molecule has 39 heavy (non-hydrogen) atoms. The predicted molar refractivity (Wildman–Crippen MR) is 156 cm³/mol. The van der Waals surface area contributed by atoms with Crippen LogP contribution in [0, 0.1) is 0 Å². The van der Waals surface area contributed by atoms with Gasteiger partial charge in [0.1, 0.15) is 0 Å². The number of benzene rings is 3. The van der Waals surface area contributed by atoms with Crippen LogP contribution in [0.2, 0.25) is 0 Å². The molecule has 1 heterocycles. The Morgan fingerprint density at radius 1 is 0.949 bits per heavy atom. The Labute approximate surface area is 231 Å². The largest absolute Gasteiger partial charge is 0.350 e. The number of anilines is 1. The molecule has 0 bridgehead atoms. The SMILES string of the molecule is C=CC(=O)NC1CC(C)(C)N(S(=O)(=O)c2ccc(NC(=O)CCc3cccc4ccccc34)cc2)C(C)(C)C1. The summed E-state index contributed by atoms with van der Waals surface area (Å²) < 4.78 is 29.2. The molecule has 3 aromatic rings. The molecule has 8 heteroatoms. The molecule has 0 atom stereocenters. The molecule has 1 saturated heterocycles. The topological polar surface area (TPSA) is 95.6 Å². The lowest BCUT2D eigenvalue weighted by Gasteiger charge is -2.53. The van der Waals surface area contributed by atoms with Crippen LogP contribution in [0.5, 0.6) is 0 Å². The molecule has 0 spiro atoms. The first-order chi connectivity index (χ1) is 18.3. The van der Waals surface area contributed by atoms with E-state index in [0.29, 0.717) is 31.4 Å². The number of hydrogen-bond donors (Lipinski definition) is 2. The van der Waals surface area contributed by atoms with Gasteiger partial charge >= 0.3 is 0 Å². The quantitative estimate of drug-likeness (QED) is 0.368. The Balaban J connectivity index is 1.44. The number of sulfonamides is 1. The van der Waals surface area contributed by atoms with Crippen LogP contribution in [0.3, 0.4) is 0 Å². The average molecular weight is 548 g/mol. The summed E-state index contributed by atoms with van der Waals surface area (Å²) in [7, 11) is -3.86. The predicted octanol–water partition coefficient (Wildman–Crippen LogP) is 5.42. The molecule has 3 aromatic carbocycles. The van der Waals surface area contributed by atoms with Gasteiger partial charge in [0.15, 0.2) is 0 Å². The van der Waals surface area contributed by atoms with E-state index in [1.807, 2.05) is 52.0 Å². The summed E-state index contributed by atoms with van der Waals surface area (Å²) in [5.41, 5.74) is 0.173. The summed E-state index contributed by atoms with van der Waals surface area (Å²) in [5.74, 6) is -0.401. The van der Waals surface area contributed by atoms with E-state index >= 15 is 0 Å². The van der Waals surface area contributed by atoms with E-state index in [4.69, 9.17) is 0 Å². The molecular weight excluding hydrogens is 510 g/mol. The minimum absolute atomic E-state index is 0.135. The van der Waals surface area contributed by atoms with Crippen LogP contribution in [-0.4, -0.2) is 41.7 Å². The molecule has 0 aromatic heterocycles. The molecule has 1 aliphatic rings. The number of hydrogen-bond acceptors (Lipinski definition) is 4. The van der Waals surface area contributed by atoms with Gasteiger partial charge in [-0.3, -0.25) is 9.59 Å². The van der Waals surface area contributed by atoms with Crippen LogP contribution >= 0.6 is 0 Å². The van der Waals surface area contributed by atoms with Crippen LogP contribution < -0.4 is 10.6 Å². The zero-order valence-electron chi connectivity index (χ0n) is 23.0. The molecule has 0 radical (unpaired) electrons. The molecule has 1 fully saturated rings. The summed E-state index contributed by atoms with van der Waals surface area (Å²) in [6.07, 6.45) is 3.09. The number of rotatable bonds is 8. The van der Waals surface area contributed by atoms with E-state index in [9.17, 15) is 18.0 Å². The van der Waals surface area contributed by atoms with Crippen molar-refractivity contribution >= 4 is 38.3 Å². The van der Waals surface area contributed by atoms with Crippen LogP contribution in [0.1, 0.15) is 52.5 Å². The number of fused-ring (bicyclic) bond motifs is 1. The van der Waals surface area contributed by atoms with Crippen molar-refractivity contribution in [3.05, 3.63) is 84.9 Å². The van der Waals surface area contributed by atoms with Crippen molar-refractivity contribution in [1.29, 1.82) is 0 Å². The van der Waals surface area contributed by atoms with Crippen molar-refractivity contribution in [3.8, 4) is 0 Å². The lowest BCUT2D eigenvalue weighted by atomic mass is 9.79. The number of nitrogens with zero attached hydrogens (tertiary/aromatic N) is 1. The minimum atomic E-state index is -3.86. The monoisotopic (exact) mass is 547 g/mol. The Bertz CT molecular complexity index is 1470. The Morgan fingerprint density at radius 3 is 2.21 bits per heavy atom. The van der Waals surface area contributed by atoms with Gasteiger partial charge in [0.2, 0.25) is 21.8 Å². The van der Waals surface area contributed by atoms with Crippen molar-refractivity contribution in [2.45, 2.75) is 75.4 Å². The van der Waals surface area contributed by atoms with Crippen molar-refractivity contribution in [1.82, 2.24) is 9.62 Å². The van der Waals surface area contributed by atoms with Gasteiger partial charge in [-0.25, -0.2) is 8.42 Å². The molecular formula is C31H37N3O4S. The molecule has 4 rings (SSSR count). The van der Waals surface area contributed by atoms with E-state index < -0.39 is 21.1 Å². The first-order valence-electron chi connectivity index (χ1n) is 13.2. The van der Waals surface area contributed by atoms with Gasteiger partial charge < -0.3 is 10.6 Å². The maximum atomic E-state index is 13.8. The van der Waals surface area contributed by atoms with Gasteiger partial charge in [-0.05, 0) is 93.6 Å². The second kappa shape index (κ2) is 10.9. The lowest BCUT2D eigenvalue weighted by molar-refractivity contribution is -0.118. The second-order valence-electron chi connectivity index (χ2n) is 11.4. The molecule has 1 aliphatic heterocycles. The van der Waals surface area contributed by atoms with Gasteiger partial charge in [-0.15, -0.1) is 0 Å². The fourth-order valence-electron chi connectivity index (χ4n) is 6.07. The number of carbonyl (C=O) groups excluding carboxylic acids is 2. The summed E-state index contributed by atoms with van der Waals surface area (Å²) in [6.45, 7) is 11.0. The first kappa shape index (κ1) is 28.5. The number of carbonyl (C=O) groups is 2. The summed E-state index contributed by atoms with van der Waals surface area (Å²) in [4.78, 5) is 24.7. The van der Waals surface area contributed by atoms with Crippen molar-refractivity contribution in [2.75, 3.05) is 5.32 Å². The third kappa shape index (κ3) is 6.23. The lowest BCUT2D eigenvalue weighted by Crippen LogP contribution is -2.65. The van der Waals surface area contributed by atoms with E-state index in [2.05, 4.69) is 35.4 Å². The third-order valence-electron chi connectivity index (χ3n) is 7.30. The average Bonchev–Trinajstić information content (AvgIpc) is 2.86. The van der Waals surface area contributed by atoms with E-state index in [-0.39, 0.29) is 22.8 Å². The van der Waals surface area contributed by atoms with E-state index in [1.165, 1.54) is 18.2 Å². The van der Waals surface area contributed by atoms with Crippen LogP contribution in [0.25, 0.3) is 10.8 Å².